The number of hydrogen-bond donors (Lipinski definition) is 1. The van der Waals surface area contributed by atoms with Crippen LogP contribution >= 0.6 is 11.8 Å². The highest BCUT2D eigenvalue weighted by Gasteiger charge is 2.33. The molecule has 1 aliphatic heterocycles. The molecule has 2 rings (SSSR count). The molecule has 19 heavy (non-hydrogen) atoms. The predicted molar refractivity (Wildman–Crippen MR) is 86.9 cm³/mol. The molecule has 3 heteroatoms. The second-order valence-corrected chi connectivity index (χ2v) is 7.48. The lowest BCUT2D eigenvalue weighted by atomic mass is 9.81. The summed E-state index contributed by atoms with van der Waals surface area (Å²) < 4.78 is 0. The first kappa shape index (κ1) is 15.2. The maximum Gasteiger partial charge on any atom is 0.157 e. The third-order valence-electron chi connectivity index (χ3n) is 5.05. The minimum absolute atomic E-state index is 0.322. The smallest absolute Gasteiger partial charge is 0.157 e. The van der Waals surface area contributed by atoms with E-state index in [9.17, 15) is 0 Å². The van der Waals surface area contributed by atoms with Gasteiger partial charge in [0.15, 0.2) is 5.17 Å². The SMILES string of the molecule is CCC1(CC)CSC(=NCCC2CCCC(C)C2)N1. The van der Waals surface area contributed by atoms with E-state index in [1.165, 1.54) is 55.9 Å². The lowest BCUT2D eigenvalue weighted by molar-refractivity contribution is 0.273. The number of aliphatic imine (C=N–C) groups is 1. The van der Waals surface area contributed by atoms with Gasteiger partial charge in [-0.1, -0.05) is 51.8 Å². The molecule has 1 N–H and O–H groups in total. The summed E-state index contributed by atoms with van der Waals surface area (Å²) in [5, 5.41) is 4.86. The zero-order valence-electron chi connectivity index (χ0n) is 12.9. The Labute approximate surface area is 123 Å². The summed E-state index contributed by atoms with van der Waals surface area (Å²) in [5.41, 5.74) is 0.322. The summed E-state index contributed by atoms with van der Waals surface area (Å²) in [6, 6.07) is 0. The average Bonchev–Trinajstić information content (AvgIpc) is 2.83. The van der Waals surface area contributed by atoms with Gasteiger partial charge in [0, 0.05) is 17.8 Å². The minimum atomic E-state index is 0.322. The summed E-state index contributed by atoms with van der Waals surface area (Å²) in [7, 11) is 0. The van der Waals surface area contributed by atoms with Gasteiger partial charge in [-0.05, 0) is 37.5 Å². The molecular weight excluding hydrogens is 252 g/mol. The maximum atomic E-state index is 4.80. The molecule has 110 valence electrons. The maximum absolute atomic E-state index is 4.80. The number of nitrogens with one attached hydrogen (secondary N) is 1. The van der Waals surface area contributed by atoms with Gasteiger partial charge in [0.05, 0.1) is 0 Å². The molecule has 0 aromatic rings. The molecule has 0 radical (unpaired) electrons. The molecule has 1 heterocycles. The summed E-state index contributed by atoms with van der Waals surface area (Å²) >= 11 is 1.92. The Kier molecular flexibility index (Phi) is 5.61. The van der Waals surface area contributed by atoms with Crippen molar-refractivity contribution in [3.63, 3.8) is 0 Å². The first-order valence-corrected chi connectivity index (χ1v) is 9.11. The van der Waals surface area contributed by atoms with Gasteiger partial charge in [-0.15, -0.1) is 0 Å². The fourth-order valence-corrected chi connectivity index (χ4v) is 4.76. The summed E-state index contributed by atoms with van der Waals surface area (Å²) in [6.45, 7) is 7.99. The zero-order valence-corrected chi connectivity index (χ0v) is 13.7. The zero-order chi connectivity index (χ0) is 13.7. The van der Waals surface area contributed by atoms with Crippen LogP contribution in [0.1, 0.15) is 65.7 Å². The fraction of sp³-hybridized carbons (Fsp3) is 0.938. The Morgan fingerprint density at radius 3 is 2.74 bits per heavy atom. The van der Waals surface area contributed by atoms with Crippen molar-refractivity contribution >= 4 is 16.9 Å². The van der Waals surface area contributed by atoms with E-state index in [-0.39, 0.29) is 0 Å². The molecule has 0 bridgehead atoms. The second-order valence-electron chi connectivity index (χ2n) is 6.51. The minimum Gasteiger partial charge on any atom is -0.359 e. The number of thioether (sulfide) groups is 1. The first-order valence-electron chi connectivity index (χ1n) is 8.13. The number of amidine groups is 1. The van der Waals surface area contributed by atoms with Gasteiger partial charge in [-0.3, -0.25) is 4.99 Å². The Morgan fingerprint density at radius 1 is 1.32 bits per heavy atom. The van der Waals surface area contributed by atoms with E-state index in [1.807, 2.05) is 11.8 Å². The lowest BCUT2D eigenvalue weighted by Crippen LogP contribution is -2.42. The largest absolute Gasteiger partial charge is 0.359 e. The monoisotopic (exact) mass is 282 g/mol. The second kappa shape index (κ2) is 7.01. The molecule has 0 aromatic carbocycles. The predicted octanol–water partition coefficient (Wildman–Crippen LogP) is 4.45. The number of hydrogen-bond acceptors (Lipinski definition) is 2. The van der Waals surface area contributed by atoms with Crippen LogP contribution in [0.5, 0.6) is 0 Å². The highest BCUT2D eigenvalue weighted by molar-refractivity contribution is 8.14. The van der Waals surface area contributed by atoms with Crippen molar-refractivity contribution in [2.24, 2.45) is 16.8 Å². The Bertz CT molecular complexity index is 310. The van der Waals surface area contributed by atoms with E-state index in [4.69, 9.17) is 4.99 Å². The van der Waals surface area contributed by atoms with E-state index in [1.54, 1.807) is 0 Å². The van der Waals surface area contributed by atoms with E-state index < -0.39 is 0 Å². The van der Waals surface area contributed by atoms with Gasteiger partial charge in [0.25, 0.3) is 0 Å². The first-order chi connectivity index (χ1) is 9.17. The van der Waals surface area contributed by atoms with Crippen LogP contribution in [0.4, 0.5) is 0 Å². The van der Waals surface area contributed by atoms with Crippen LogP contribution in [0.15, 0.2) is 4.99 Å². The summed E-state index contributed by atoms with van der Waals surface area (Å²) in [4.78, 5) is 4.80. The third-order valence-corrected chi connectivity index (χ3v) is 6.25. The van der Waals surface area contributed by atoms with Crippen LogP contribution in [0.2, 0.25) is 0 Å². The molecule has 2 atom stereocenters. The van der Waals surface area contributed by atoms with E-state index >= 15 is 0 Å². The molecule has 0 spiro atoms. The van der Waals surface area contributed by atoms with Crippen molar-refractivity contribution in [3.8, 4) is 0 Å². The van der Waals surface area contributed by atoms with Gasteiger partial charge >= 0.3 is 0 Å². The van der Waals surface area contributed by atoms with E-state index in [0.717, 1.165) is 18.4 Å². The summed E-state index contributed by atoms with van der Waals surface area (Å²) in [6.07, 6.45) is 9.44. The van der Waals surface area contributed by atoms with Crippen molar-refractivity contribution in [3.05, 3.63) is 0 Å². The number of nitrogens with zero attached hydrogens (tertiary/aromatic N) is 1. The van der Waals surface area contributed by atoms with Crippen LogP contribution in [-0.2, 0) is 0 Å². The Balaban J connectivity index is 1.74. The summed E-state index contributed by atoms with van der Waals surface area (Å²) in [5.74, 6) is 3.07. The molecule has 2 fully saturated rings. The average molecular weight is 282 g/mol. The van der Waals surface area contributed by atoms with Crippen LogP contribution in [0.3, 0.4) is 0 Å². The third kappa shape index (κ3) is 4.14. The molecular formula is C16H30N2S. The standard InChI is InChI=1S/C16H30N2S/c1-4-16(5-2)12-19-15(18-16)17-10-9-14-8-6-7-13(3)11-14/h13-14H,4-12H2,1-3H3,(H,17,18). The van der Waals surface area contributed by atoms with Crippen LogP contribution in [0.25, 0.3) is 0 Å². The number of rotatable bonds is 5. The highest BCUT2D eigenvalue weighted by atomic mass is 32.2. The molecule has 1 saturated heterocycles. The van der Waals surface area contributed by atoms with E-state index in [2.05, 4.69) is 26.1 Å². The normalized spacial score (nSPS) is 32.5. The molecule has 0 amide bonds. The van der Waals surface area contributed by atoms with Crippen LogP contribution in [0, 0.1) is 11.8 Å². The molecule has 0 aromatic heterocycles. The molecule has 2 nitrogen and oxygen atoms in total. The van der Waals surface area contributed by atoms with Crippen molar-refractivity contribution in [2.45, 2.75) is 71.3 Å². The van der Waals surface area contributed by atoms with Crippen molar-refractivity contribution in [1.29, 1.82) is 0 Å². The van der Waals surface area contributed by atoms with Gasteiger partial charge in [-0.25, -0.2) is 0 Å². The lowest BCUT2D eigenvalue weighted by Gasteiger charge is -2.26. The molecule has 1 aliphatic carbocycles. The van der Waals surface area contributed by atoms with Crippen LogP contribution in [-0.4, -0.2) is 23.0 Å². The molecule has 2 unspecified atom stereocenters. The van der Waals surface area contributed by atoms with Gasteiger partial charge in [0.1, 0.15) is 0 Å². The topological polar surface area (TPSA) is 24.4 Å². The van der Waals surface area contributed by atoms with Crippen molar-refractivity contribution in [1.82, 2.24) is 5.32 Å². The fourth-order valence-electron chi connectivity index (χ4n) is 3.39. The highest BCUT2D eigenvalue weighted by Crippen LogP contribution is 2.31. The van der Waals surface area contributed by atoms with E-state index in [0.29, 0.717) is 5.54 Å². The molecule has 1 saturated carbocycles. The van der Waals surface area contributed by atoms with Gasteiger partial charge in [0.2, 0.25) is 0 Å². The van der Waals surface area contributed by atoms with Crippen molar-refractivity contribution in [2.75, 3.05) is 12.3 Å². The van der Waals surface area contributed by atoms with Crippen molar-refractivity contribution < 1.29 is 0 Å². The van der Waals surface area contributed by atoms with Crippen LogP contribution < -0.4 is 5.32 Å². The quantitative estimate of drug-likeness (QED) is 0.805. The van der Waals surface area contributed by atoms with Gasteiger partial charge < -0.3 is 5.32 Å². The van der Waals surface area contributed by atoms with Gasteiger partial charge in [-0.2, -0.15) is 0 Å². The Morgan fingerprint density at radius 2 is 2.11 bits per heavy atom. The Hall–Kier alpha value is -0.180. The molecule has 2 aliphatic rings.